The lowest BCUT2D eigenvalue weighted by Crippen LogP contribution is -2.05. The maximum atomic E-state index is 10.3. The molecule has 0 amide bonds. The third kappa shape index (κ3) is 2.42. The van der Waals surface area contributed by atoms with Gasteiger partial charge in [-0.3, -0.25) is 4.68 Å². The maximum Gasteiger partial charge on any atom is 0.124 e. The molecule has 0 unspecified atom stereocenters. The minimum atomic E-state index is 0.319. The average Bonchev–Trinajstić information content (AvgIpc) is 2.91. The monoisotopic (exact) mass is 316 g/mol. The fraction of sp³-hybridized carbons (Fsp3) is 0.190. The molecule has 120 valence electrons. The van der Waals surface area contributed by atoms with Crippen LogP contribution < -0.4 is 0 Å². The van der Waals surface area contributed by atoms with Gasteiger partial charge in [0.1, 0.15) is 11.3 Å². The topological polar surface area (TPSA) is 38.0 Å². The van der Waals surface area contributed by atoms with Crippen LogP contribution in [0.15, 0.2) is 54.6 Å². The zero-order valence-corrected chi connectivity index (χ0v) is 14.0. The summed E-state index contributed by atoms with van der Waals surface area (Å²) in [4.78, 5) is 0. The van der Waals surface area contributed by atoms with Gasteiger partial charge in [-0.25, -0.2) is 0 Å². The lowest BCUT2D eigenvalue weighted by Gasteiger charge is -2.05. The van der Waals surface area contributed by atoms with Gasteiger partial charge in [0.2, 0.25) is 0 Å². The van der Waals surface area contributed by atoms with E-state index in [2.05, 4.69) is 42.8 Å². The number of hydrogen-bond acceptors (Lipinski definition) is 2. The summed E-state index contributed by atoms with van der Waals surface area (Å²) in [6.07, 6.45) is 0.943. The molecule has 0 aliphatic carbocycles. The van der Waals surface area contributed by atoms with Crippen LogP contribution in [0.4, 0.5) is 0 Å². The van der Waals surface area contributed by atoms with Gasteiger partial charge in [0, 0.05) is 28.4 Å². The summed E-state index contributed by atoms with van der Waals surface area (Å²) in [7, 11) is 0. The molecule has 0 saturated carbocycles. The molecule has 0 radical (unpaired) electrons. The molecule has 1 N–H and O–H groups in total. The zero-order chi connectivity index (χ0) is 16.7. The van der Waals surface area contributed by atoms with E-state index in [1.807, 2.05) is 30.3 Å². The van der Waals surface area contributed by atoms with E-state index in [-0.39, 0.29) is 0 Å². The molecule has 3 aromatic carbocycles. The van der Waals surface area contributed by atoms with Crippen molar-refractivity contribution in [2.75, 3.05) is 0 Å². The van der Waals surface area contributed by atoms with Crippen molar-refractivity contribution in [3.8, 4) is 5.75 Å². The molecule has 3 nitrogen and oxygen atoms in total. The molecular weight excluding hydrogens is 296 g/mol. The van der Waals surface area contributed by atoms with Crippen LogP contribution in [-0.4, -0.2) is 14.9 Å². The first-order valence-electron chi connectivity index (χ1n) is 8.27. The lowest BCUT2D eigenvalue weighted by atomic mass is 10.1. The number of benzene rings is 3. The molecule has 4 rings (SSSR count). The number of hydrogen-bond donors (Lipinski definition) is 1. The van der Waals surface area contributed by atoms with E-state index >= 15 is 0 Å². The molecule has 0 aliphatic heterocycles. The molecule has 1 aromatic heterocycles. The third-order valence-electron chi connectivity index (χ3n) is 4.72. The minimum absolute atomic E-state index is 0.319. The molecular formula is C21H20N2O. The molecule has 4 aromatic rings. The van der Waals surface area contributed by atoms with Crippen LogP contribution in [0.25, 0.3) is 21.7 Å². The predicted molar refractivity (Wildman–Crippen MR) is 98.5 cm³/mol. The Hall–Kier alpha value is -2.81. The van der Waals surface area contributed by atoms with Crippen LogP contribution in [0.3, 0.4) is 0 Å². The van der Waals surface area contributed by atoms with Crippen LogP contribution >= 0.6 is 0 Å². The molecule has 0 fully saturated rings. The number of aryl methyl sites for hydroxylation is 4. The summed E-state index contributed by atoms with van der Waals surface area (Å²) < 4.78 is 2.05. The van der Waals surface area contributed by atoms with E-state index in [1.54, 1.807) is 0 Å². The first-order valence-corrected chi connectivity index (χ1v) is 8.27. The Morgan fingerprint density at radius 1 is 0.917 bits per heavy atom. The number of fused-ring (bicyclic) bond motifs is 3. The normalized spacial score (nSPS) is 11.4. The number of aromatic nitrogens is 2. The Balaban J connectivity index is 1.75. The highest BCUT2D eigenvalue weighted by molar-refractivity contribution is 6.08. The van der Waals surface area contributed by atoms with Crippen LogP contribution in [0.2, 0.25) is 0 Å². The van der Waals surface area contributed by atoms with Crippen molar-refractivity contribution in [1.82, 2.24) is 9.78 Å². The van der Waals surface area contributed by atoms with Gasteiger partial charge in [0.05, 0.1) is 0 Å². The third-order valence-corrected chi connectivity index (χ3v) is 4.72. The van der Waals surface area contributed by atoms with Gasteiger partial charge < -0.3 is 5.11 Å². The Kier molecular flexibility index (Phi) is 3.49. The highest BCUT2D eigenvalue weighted by Gasteiger charge is 2.13. The van der Waals surface area contributed by atoms with Crippen molar-refractivity contribution in [3.05, 3.63) is 71.4 Å². The van der Waals surface area contributed by atoms with Gasteiger partial charge in [-0.1, -0.05) is 54.1 Å². The molecule has 0 spiro atoms. The Morgan fingerprint density at radius 2 is 1.62 bits per heavy atom. The van der Waals surface area contributed by atoms with Crippen LogP contribution in [-0.2, 0) is 13.0 Å². The molecule has 0 bridgehead atoms. The quantitative estimate of drug-likeness (QED) is 0.592. The first-order chi connectivity index (χ1) is 11.6. The fourth-order valence-corrected chi connectivity index (χ4v) is 3.27. The summed E-state index contributed by atoms with van der Waals surface area (Å²) in [5, 5.41) is 18.0. The Labute approximate surface area is 141 Å². The zero-order valence-electron chi connectivity index (χ0n) is 14.0. The summed E-state index contributed by atoms with van der Waals surface area (Å²) in [5.41, 5.74) is 4.65. The van der Waals surface area contributed by atoms with Crippen molar-refractivity contribution < 1.29 is 5.11 Å². The second kappa shape index (κ2) is 5.68. The Morgan fingerprint density at radius 3 is 2.38 bits per heavy atom. The average molecular weight is 316 g/mol. The lowest BCUT2D eigenvalue weighted by molar-refractivity contribution is 0.482. The predicted octanol–water partition coefficient (Wildman–Crippen LogP) is 4.75. The standard InChI is InChI=1S/C21H20N2O/c1-14-7-9-16(10-8-14)11-12-23-15(2)19-13-20(24)17-5-3-4-6-18(17)21(19)22-23/h3-10,13,24H,11-12H2,1-2H3. The van der Waals surface area contributed by atoms with Crippen molar-refractivity contribution in [3.63, 3.8) is 0 Å². The summed E-state index contributed by atoms with van der Waals surface area (Å²) in [6.45, 7) is 5.00. The van der Waals surface area contributed by atoms with Gasteiger partial charge in [0.25, 0.3) is 0 Å². The fourth-order valence-electron chi connectivity index (χ4n) is 3.27. The van der Waals surface area contributed by atoms with Crippen LogP contribution in [0.5, 0.6) is 5.75 Å². The highest BCUT2D eigenvalue weighted by atomic mass is 16.3. The molecule has 1 heterocycles. The van der Waals surface area contributed by atoms with E-state index in [0.29, 0.717) is 5.75 Å². The number of phenols is 1. The molecule has 0 aliphatic rings. The van der Waals surface area contributed by atoms with Crippen LogP contribution in [0.1, 0.15) is 16.8 Å². The van der Waals surface area contributed by atoms with Crippen molar-refractivity contribution in [1.29, 1.82) is 0 Å². The summed E-state index contributed by atoms with van der Waals surface area (Å²) in [5.74, 6) is 0.319. The Bertz CT molecular complexity index is 1030. The van der Waals surface area contributed by atoms with Crippen molar-refractivity contribution >= 4 is 21.7 Å². The van der Waals surface area contributed by atoms with E-state index in [9.17, 15) is 5.11 Å². The molecule has 24 heavy (non-hydrogen) atoms. The second-order valence-corrected chi connectivity index (χ2v) is 6.38. The van der Waals surface area contributed by atoms with E-state index in [4.69, 9.17) is 5.10 Å². The van der Waals surface area contributed by atoms with E-state index < -0.39 is 0 Å². The van der Waals surface area contributed by atoms with Gasteiger partial charge in [-0.2, -0.15) is 5.10 Å². The molecule has 3 heteroatoms. The van der Waals surface area contributed by atoms with Gasteiger partial charge in [-0.15, -0.1) is 0 Å². The number of rotatable bonds is 3. The van der Waals surface area contributed by atoms with Crippen molar-refractivity contribution in [2.45, 2.75) is 26.8 Å². The highest BCUT2D eigenvalue weighted by Crippen LogP contribution is 2.33. The summed E-state index contributed by atoms with van der Waals surface area (Å²) in [6, 6.07) is 18.4. The summed E-state index contributed by atoms with van der Waals surface area (Å²) >= 11 is 0. The van der Waals surface area contributed by atoms with Gasteiger partial charge in [-0.05, 0) is 31.9 Å². The minimum Gasteiger partial charge on any atom is -0.507 e. The van der Waals surface area contributed by atoms with E-state index in [1.165, 1.54) is 11.1 Å². The SMILES string of the molecule is Cc1ccc(CCn2nc3c(cc(O)c4ccccc43)c2C)cc1. The van der Waals surface area contributed by atoms with Gasteiger partial charge >= 0.3 is 0 Å². The van der Waals surface area contributed by atoms with Gasteiger partial charge in [0.15, 0.2) is 0 Å². The smallest absolute Gasteiger partial charge is 0.124 e. The number of aromatic hydroxyl groups is 1. The molecule has 0 atom stereocenters. The number of phenolic OH excluding ortho intramolecular Hbond substituents is 1. The number of nitrogens with zero attached hydrogens (tertiary/aromatic N) is 2. The first kappa shape index (κ1) is 14.8. The van der Waals surface area contributed by atoms with Crippen LogP contribution in [0, 0.1) is 13.8 Å². The van der Waals surface area contributed by atoms with E-state index in [0.717, 1.165) is 40.3 Å². The molecule has 0 saturated heterocycles. The van der Waals surface area contributed by atoms with Crippen molar-refractivity contribution in [2.24, 2.45) is 0 Å². The maximum absolute atomic E-state index is 10.3. The largest absolute Gasteiger partial charge is 0.507 e. The second-order valence-electron chi connectivity index (χ2n) is 6.38.